The van der Waals surface area contributed by atoms with Gasteiger partial charge in [-0.15, -0.1) is 11.8 Å². The van der Waals surface area contributed by atoms with E-state index in [4.69, 9.17) is 5.26 Å². The fourth-order valence-electron chi connectivity index (χ4n) is 2.90. The molecule has 29 heavy (non-hydrogen) atoms. The quantitative estimate of drug-likeness (QED) is 0.699. The van der Waals surface area contributed by atoms with Gasteiger partial charge in [0.1, 0.15) is 5.71 Å². The predicted molar refractivity (Wildman–Crippen MR) is 114 cm³/mol. The van der Waals surface area contributed by atoms with Crippen molar-refractivity contribution < 1.29 is 9.59 Å². The van der Waals surface area contributed by atoms with Gasteiger partial charge in [-0.3, -0.25) is 9.59 Å². The second-order valence-electron chi connectivity index (χ2n) is 6.72. The van der Waals surface area contributed by atoms with E-state index >= 15 is 0 Å². The molecule has 2 aromatic carbocycles. The highest BCUT2D eigenvalue weighted by Gasteiger charge is 2.25. The highest BCUT2D eigenvalue weighted by molar-refractivity contribution is 8.00. The van der Waals surface area contributed by atoms with Crippen LogP contribution in [0.5, 0.6) is 0 Å². The molecule has 1 aliphatic rings. The Balaban J connectivity index is 1.73. The second kappa shape index (κ2) is 9.89. The molecule has 0 saturated carbocycles. The van der Waals surface area contributed by atoms with Gasteiger partial charge in [0.2, 0.25) is 5.91 Å². The van der Waals surface area contributed by atoms with Crippen LogP contribution in [0.2, 0.25) is 0 Å². The van der Waals surface area contributed by atoms with E-state index < -0.39 is 0 Å². The van der Waals surface area contributed by atoms with Crippen LogP contribution in [-0.2, 0) is 16.1 Å². The number of benzene rings is 2. The molecule has 1 unspecified atom stereocenters. The van der Waals surface area contributed by atoms with Gasteiger partial charge in [-0.25, -0.2) is 5.01 Å². The van der Waals surface area contributed by atoms with Gasteiger partial charge in [0.15, 0.2) is 0 Å². The van der Waals surface area contributed by atoms with Crippen molar-refractivity contribution in [1.29, 1.82) is 5.26 Å². The van der Waals surface area contributed by atoms with Crippen molar-refractivity contribution in [2.75, 3.05) is 5.32 Å². The number of anilines is 1. The van der Waals surface area contributed by atoms with Gasteiger partial charge in [0.05, 0.1) is 18.3 Å². The Bertz CT molecular complexity index is 953. The molecule has 0 spiro atoms. The minimum absolute atomic E-state index is 0.0910. The lowest BCUT2D eigenvalue weighted by Gasteiger charge is -2.23. The minimum atomic E-state index is -0.309. The van der Waals surface area contributed by atoms with Crippen LogP contribution < -0.4 is 5.32 Å². The van der Waals surface area contributed by atoms with Crippen molar-refractivity contribution >= 4 is 35.0 Å². The van der Waals surface area contributed by atoms with Crippen molar-refractivity contribution in [3.63, 3.8) is 0 Å². The lowest BCUT2D eigenvalue weighted by atomic mass is 10.1. The fourth-order valence-corrected chi connectivity index (χ4v) is 3.89. The summed E-state index contributed by atoms with van der Waals surface area (Å²) < 4.78 is 0. The maximum absolute atomic E-state index is 12.8. The number of para-hydroxylation sites is 1. The number of rotatable bonds is 7. The molecule has 0 bridgehead atoms. The largest absolute Gasteiger partial charge is 0.320 e. The van der Waals surface area contributed by atoms with E-state index in [9.17, 15) is 9.59 Å². The van der Waals surface area contributed by atoms with Gasteiger partial charge in [0.25, 0.3) is 5.91 Å². The maximum atomic E-state index is 12.8. The molecule has 0 saturated heterocycles. The van der Waals surface area contributed by atoms with E-state index in [0.29, 0.717) is 30.8 Å². The van der Waals surface area contributed by atoms with Gasteiger partial charge in [-0.1, -0.05) is 49.4 Å². The lowest BCUT2D eigenvalue weighted by Crippen LogP contribution is -2.36. The van der Waals surface area contributed by atoms with Crippen LogP contribution in [0.15, 0.2) is 64.6 Å². The first-order chi connectivity index (χ1) is 14.1. The molecule has 3 rings (SSSR count). The molecule has 1 heterocycles. The van der Waals surface area contributed by atoms with E-state index in [0.717, 1.165) is 10.5 Å². The Hall–Kier alpha value is -3.11. The average Bonchev–Trinajstić information content (AvgIpc) is 2.72. The summed E-state index contributed by atoms with van der Waals surface area (Å²) in [6.07, 6.45) is 1.00. The van der Waals surface area contributed by atoms with Crippen molar-refractivity contribution in [3.05, 3.63) is 60.2 Å². The number of hydrogen-bond acceptors (Lipinski definition) is 5. The summed E-state index contributed by atoms with van der Waals surface area (Å²) in [7, 11) is 0. The standard InChI is InChI=1S/C22H22N4O2S/c1-16(13-14-23)29-20-10-6-5-9-18(20)24-22(28)19-11-12-21(27)26(25-19)15-17-7-3-2-4-8-17/h2-10,16H,11-13,15H2,1H3,(H,24,28). The number of nitrogens with one attached hydrogen (secondary N) is 1. The molecule has 1 atom stereocenters. The zero-order valence-corrected chi connectivity index (χ0v) is 17.0. The van der Waals surface area contributed by atoms with Crippen LogP contribution in [-0.4, -0.2) is 27.8 Å². The molecule has 7 heteroatoms. The van der Waals surface area contributed by atoms with Gasteiger partial charge >= 0.3 is 0 Å². The van der Waals surface area contributed by atoms with Crippen molar-refractivity contribution in [2.24, 2.45) is 5.10 Å². The van der Waals surface area contributed by atoms with Gasteiger partial charge in [0, 0.05) is 29.4 Å². The third kappa shape index (κ3) is 5.69. The first kappa shape index (κ1) is 20.6. The molecule has 0 aliphatic carbocycles. The molecular weight excluding hydrogens is 384 g/mol. The Morgan fingerprint density at radius 3 is 2.69 bits per heavy atom. The summed E-state index contributed by atoms with van der Waals surface area (Å²) >= 11 is 1.54. The molecule has 1 N–H and O–H groups in total. The minimum Gasteiger partial charge on any atom is -0.320 e. The first-order valence-corrected chi connectivity index (χ1v) is 10.3. The third-order valence-electron chi connectivity index (χ3n) is 4.38. The Morgan fingerprint density at radius 1 is 1.21 bits per heavy atom. The number of nitrogens with zero attached hydrogens (tertiary/aromatic N) is 3. The Kier molecular flexibility index (Phi) is 7.04. The van der Waals surface area contributed by atoms with Gasteiger partial charge < -0.3 is 5.32 Å². The fraction of sp³-hybridized carbons (Fsp3) is 0.273. The lowest BCUT2D eigenvalue weighted by molar-refractivity contribution is -0.132. The Labute approximate surface area is 174 Å². The third-order valence-corrected chi connectivity index (χ3v) is 5.56. The normalized spacial score (nSPS) is 14.7. The zero-order valence-electron chi connectivity index (χ0n) is 16.2. The van der Waals surface area contributed by atoms with Crippen molar-refractivity contribution in [2.45, 2.75) is 42.9 Å². The van der Waals surface area contributed by atoms with Crippen LogP contribution in [0.4, 0.5) is 5.69 Å². The number of hydrazone groups is 1. The molecule has 1 aliphatic heterocycles. The maximum Gasteiger partial charge on any atom is 0.271 e. The van der Waals surface area contributed by atoms with Crippen LogP contribution in [0.25, 0.3) is 0 Å². The summed E-state index contributed by atoms with van der Waals surface area (Å²) in [4.78, 5) is 25.9. The van der Waals surface area contributed by atoms with E-state index in [1.165, 1.54) is 5.01 Å². The summed E-state index contributed by atoms with van der Waals surface area (Å²) in [6.45, 7) is 2.32. The number of amides is 2. The average molecular weight is 407 g/mol. The summed E-state index contributed by atoms with van der Waals surface area (Å²) in [5, 5.41) is 17.6. The SMILES string of the molecule is CC(CC#N)Sc1ccccc1NC(=O)C1=NN(Cc2ccccc2)C(=O)CC1. The van der Waals surface area contributed by atoms with Crippen LogP contribution in [0, 0.1) is 11.3 Å². The molecule has 0 aromatic heterocycles. The first-order valence-electron chi connectivity index (χ1n) is 9.42. The molecule has 2 amide bonds. The molecule has 0 radical (unpaired) electrons. The van der Waals surface area contributed by atoms with Crippen LogP contribution in [0.1, 0.15) is 31.7 Å². The zero-order chi connectivity index (χ0) is 20.6. The van der Waals surface area contributed by atoms with Crippen molar-refractivity contribution in [3.8, 4) is 6.07 Å². The van der Waals surface area contributed by atoms with Gasteiger partial charge in [-0.2, -0.15) is 10.4 Å². The molecular formula is C22H22N4O2S. The van der Waals surface area contributed by atoms with Crippen LogP contribution >= 0.6 is 11.8 Å². The highest BCUT2D eigenvalue weighted by Crippen LogP contribution is 2.31. The smallest absolute Gasteiger partial charge is 0.271 e. The van der Waals surface area contributed by atoms with E-state index in [2.05, 4.69) is 16.5 Å². The van der Waals surface area contributed by atoms with E-state index in [-0.39, 0.29) is 23.5 Å². The summed E-state index contributed by atoms with van der Waals surface area (Å²) in [5.41, 5.74) is 1.98. The van der Waals surface area contributed by atoms with E-state index in [1.54, 1.807) is 11.8 Å². The Morgan fingerprint density at radius 2 is 1.93 bits per heavy atom. The molecule has 2 aromatic rings. The molecule has 6 nitrogen and oxygen atoms in total. The molecule has 148 valence electrons. The van der Waals surface area contributed by atoms with Gasteiger partial charge in [-0.05, 0) is 17.7 Å². The molecule has 0 fully saturated rings. The topological polar surface area (TPSA) is 85.6 Å². The monoisotopic (exact) mass is 406 g/mol. The predicted octanol–water partition coefficient (Wildman–Crippen LogP) is 4.20. The number of nitriles is 1. The number of carbonyl (C=O) groups excluding carboxylic acids is 2. The van der Waals surface area contributed by atoms with Crippen LogP contribution in [0.3, 0.4) is 0 Å². The summed E-state index contributed by atoms with van der Waals surface area (Å²) in [6, 6.07) is 19.2. The summed E-state index contributed by atoms with van der Waals surface area (Å²) in [5.74, 6) is -0.400. The highest BCUT2D eigenvalue weighted by atomic mass is 32.2. The van der Waals surface area contributed by atoms with Crippen molar-refractivity contribution in [1.82, 2.24) is 5.01 Å². The number of thioether (sulfide) groups is 1. The number of hydrogen-bond donors (Lipinski definition) is 1. The second-order valence-corrected chi connectivity index (χ2v) is 8.20. The number of carbonyl (C=O) groups is 2. The van der Waals surface area contributed by atoms with E-state index in [1.807, 2.05) is 61.5 Å².